The van der Waals surface area contributed by atoms with Gasteiger partial charge in [0.2, 0.25) is 14.0 Å². The average molecular weight is 308 g/mol. The van der Waals surface area contributed by atoms with Crippen molar-refractivity contribution in [3.05, 3.63) is 50.9 Å². The van der Waals surface area contributed by atoms with Crippen LogP contribution in [0.2, 0.25) is 0 Å². The van der Waals surface area contributed by atoms with Gasteiger partial charge in [-0.2, -0.15) is 5.26 Å². The van der Waals surface area contributed by atoms with E-state index in [1.165, 1.54) is 12.1 Å². The number of sulfone groups is 1. The molecule has 0 radical (unpaired) electrons. The maximum Gasteiger partial charge on any atom is 0.300 e. The summed E-state index contributed by atoms with van der Waals surface area (Å²) >= 11 is 0.603. The number of nitro groups is 1. The third-order valence-corrected chi connectivity index (χ3v) is 5.88. The van der Waals surface area contributed by atoms with Gasteiger partial charge in [0.15, 0.2) is 0 Å². The van der Waals surface area contributed by atoms with Gasteiger partial charge in [-0.3, -0.25) is 10.1 Å². The van der Waals surface area contributed by atoms with E-state index in [9.17, 15) is 18.5 Å². The Morgan fingerprint density at radius 3 is 2.40 bits per heavy atom. The predicted molar refractivity (Wildman–Crippen MR) is 72.3 cm³/mol. The third-order valence-electron chi connectivity index (χ3n) is 2.56. The minimum atomic E-state index is -3.99. The molecule has 0 saturated heterocycles. The lowest BCUT2D eigenvalue weighted by atomic mass is 10.2. The maximum absolute atomic E-state index is 12.4. The Morgan fingerprint density at radius 1 is 1.30 bits per heavy atom. The van der Waals surface area contributed by atoms with Crippen molar-refractivity contribution in [1.29, 1.82) is 5.26 Å². The Kier molecular flexibility index (Phi) is 3.57. The second-order valence-corrected chi connectivity index (χ2v) is 7.17. The molecular formula is C12H8N2O4S2. The second kappa shape index (κ2) is 5.03. The van der Waals surface area contributed by atoms with Crippen LogP contribution in [-0.4, -0.2) is 13.3 Å². The van der Waals surface area contributed by atoms with Gasteiger partial charge in [0.1, 0.15) is 10.9 Å². The number of nitriles is 1. The van der Waals surface area contributed by atoms with Crippen molar-refractivity contribution in [2.45, 2.75) is 16.0 Å². The first-order valence-corrected chi connectivity index (χ1v) is 7.66. The topological polar surface area (TPSA) is 101 Å². The highest BCUT2D eigenvalue weighted by Gasteiger charge is 2.31. The number of nitrogens with zero attached hydrogens (tertiary/aromatic N) is 2. The molecule has 102 valence electrons. The molecule has 0 saturated carbocycles. The molecule has 2 aromatic rings. The zero-order valence-electron chi connectivity index (χ0n) is 10.2. The summed E-state index contributed by atoms with van der Waals surface area (Å²) in [6.45, 7) is 1.80. The lowest BCUT2D eigenvalue weighted by Crippen LogP contribution is -2.02. The molecule has 0 unspecified atom stereocenters. The van der Waals surface area contributed by atoms with E-state index in [4.69, 9.17) is 5.26 Å². The van der Waals surface area contributed by atoms with Crippen LogP contribution in [0.4, 0.5) is 5.69 Å². The van der Waals surface area contributed by atoms with E-state index in [2.05, 4.69) is 0 Å². The van der Waals surface area contributed by atoms with Gasteiger partial charge in [0.25, 0.3) is 0 Å². The van der Waals surface area contributed by atoms with Crippen LogP contribution in [0, 0.1) is 28.4 Å². The van der Waals surface area contributed by atoms with E-state index >= 15 is 0 Å². The quantitative estimate of drug-likeness (QED) is 0.641. The molecule has 0 aliphatic heterocycles. The molecule has 0 N–H and O–H groups in total. The Labute approximate surface area is 119 Å². The molecule has 2 rings (SSSR count). The van der Waals surface area contributed by atoms with Gasteiger partial charge in [0.05, 0.1) is 9.82 Å². The van der Waals surface area contributed by atoms with Crippen molar-refractivity contribution in [3.8, 4) is 6.07 Å². The van der Waals surface area contributed by atoms with Gasteiger partial charge in [-0.25, -0.2) is 8.42 Å². The van der Waals surface area contributed by atoms with E-state index in [1.807, 2.05) is 0 Å². The van der Waals surface area contributed by atoms with Gasteiger partial charge in [0, 0.05) is 6.07 Å². The summed E-state index contributed by atoms with van der Waals surface area (Å²) in [7, 11) is -3.99. The molecule has 1 heterocycles. The lowest BCUT2D eigenvalue weighted by Gasteiger charge is -2.02. The van der Waals surface area contributed by atoms with Crippen LogP contribution in [0.3, 0.4) is 0 Å². The zero-order chi connectivity index (χ0) is 14.9. The first kappa shape index (κ1) is 14.2. The van der Waals surface area contributed by atoms with Crippen molar-refractivity contribution in [3.63, 3.8) is 0 Å². The number of aryl methyl sites for hydroxylation is 1. The minimum absolute atomic E-state index is 0.0117. The molecule has 8 heteroatoms. The maximum atomic E-state index is 12.4. The SMILES string of the molecule is Cc1ccc(S(=O)(=O)c2sc(C#N)cc2[N+](=O)[O-])cc1. The number of hydrogen-bond donors (Lipinski definition) is 0. The monoisotopic (exact) mass is 308 g/mol. The molecule has 0 bridgehead atoms. The van der Waals surface area contributed by atoms with Crippen molar-refractivity contribution in [1.82, 2.24) is 0 Å². The smallest absolute Gasteiger partial charge is 0.258 e. The van der Waals surface area contributed by atoms with E-state index in [1.54, 1.807) is 25.1 Å². The van der Waals surface area contributed by atoms with Crippen molar-refractivity contribution in [2.75, 3.05) is 0 Å². The van der Waals surface area contributed by atoms with Gasteiger partial charge < -0.3 is 0 Å². The first-order valence-electron chi connectivity index (χ1n) is 5.36. The van der Waals surface area contributed by atoms with Crippen molar-refractivity contribution in [2.24, 2.45) is 0 Å². The Hall–Kier alpha value is -2.24. The summed E-state index contributed by atoms with van der Waals surface area (Å²) in [6.07, 6.45) is 0. The van der Waals surface area contributed by atoms with E-state index in [-0.39, 0.29) is 9.77 Å². The fourth-order valence-corrected chi connectivity index (χ4v) is 4.33. The average Bonchev–Trinajstić information content (AvgIpc) is 2.84. The second-order valence-electron chi connectivity index (χ2n) is 3.97. The summed E-state index contributed by atoms with van der Waals surface area (Å²) < 4.78 is 24.4. The predicted octanol–water partition coefficient (Wildman–Crippen LogP) is 2.67. The fourth-order valence-electron chi connectivity index (χ4n) is 1.56. The van der Waals surface area contributed by atoms with Crippen LogP contribution >= 0.6 is 11.3 Å². The molecule has 0 spiro atoms. The van der Waals surface area contributed by atoms with Gasteiger partial charge in [-0.1, -0.05) is 17.7 Å². The molecular weight excluding hydrogens is 300 g/mol. The van der Waals surface area contributed by atoms with E-state index < -0.39 is 24.7 Å². The molecule has 1 aromatic heterocycles. The van der Waals surface area contributed by atoms with Gasteiger partial charge >= 0.3 is 5.69 Å². The number of hydrogen-bond acceptors (Lipinski definition) is 6. The first-order chi connectivity index (χ1) is 9.36. The summed E-state index contributed by atoms with van der Waals surface area (Å²) in [5, 5.41) is 19.7. The Morgan fingerprint density at radius 2 is 1.90 bits per heavy atom. The summed E-state index contributed by atoms with van der Waals surface area (Å²) in [5.41, 5.74) is 0.314. The largest absolute Gasteiger partial charge is 0.300 e. The molecule has 0 amide bonds. The lowest BCUT2D eigenvalue weighted by molar-refractivity contribution is -0.387. The van der Waals surface area contributed by atoms with Gasteiger partial charge in [-0.05, 0) is 19.1 Å². The summed E-state index contributed by atoms with van der Waals surface area (Å²) in [4.78, 5) is 10.1. The minimum Gasteiger partial charge on any atom is -0.258 e. The zero-order valence-corrected chi connectivity index (χ0v) is 11.9. The van der Waals surface area contributed by atoms with E-state index in [0.717, 1.165) is 11.6 Å². The molecule has 1 aromatic carbocycles. The molecule has 0 aliphatic carbocycles. The van der Waals surface area contributed by atoms with Gasteiger partial charge in [-0.15, -0.1) is 11.3 Å². The summed E-state index contributed by atoms with van der Waals surface area (Å²) in [5.74, 6) is 0. The summed E-state index contributed by atoms with van der Waals surface area (Å²) in [6, 6.07) is 8.70. The fraction of sp³-hybridized carbons (Fsp3) is 0.0833. The van der Waals surface area contributed by atoms with Crippen LogP contribution < -0.4 is 0 Å². The highest BCUT2D eigenvalue weighted by atomic mass is 32.2. The highest BCUT2D eigenvalue weighted by molar-refractivity contribution is 7.93. The van der Waals surface area contributed by atoms with Crippen LogP contribution in [-0.2, 0) is 9.84 Å². The number of thiophene rings is 1. The van der Waals surface area contributed by atoms with Crippen LogP contribution in [0.15, 0.2) is 39.4 Å². The molecule has 0 atom stereocenters. The van der Waals surface area contributed by atoms with Crippen LogP contribution in [0.1, 0.15) is 10.4 Å². The van der Waals surface area contributed by atoms with E-state index in [0.29, 0.717) is 11.3 Å². The number of benzene rings is 1. The molecule has 20 heavy (non-hydrogen) atoms. The van der Waals surface area contributed by atoms with Crippen LogP contribution in [0.25, 0.3) is 0 Å². The van der Waals surface area contributed by atoms with Crippen LogP contribution in [0.5, 0.6) is 0 Å². The number of rotatable bonds is 3. The molecule has 0 fully saturated rings. The third kappa shape index (κ3) is 2.41. The Bertz CT molecular complexity index is 814. The van der Waals surface area contributed by atoms with Crippen molar-refractivity contribution >= 4 is 26.9 Å². The Balaban J connectivity index is 2.66. The standard InChI is InChI=1S/C12H8N2O4S2/c1-8-2-4-10(5-3-8)20(17,18)12-11(14(15)16)6-9(7-13)19-12/h2-6H,1H3. The van der Waals surface area contributed by atoms with Crippen molar-refractivity contribution < 1.29 is 13.3 Å². The molecule has 0 aliphatic rings. The molecule has 6 nitrogen and oxygen atoms in total. The highest BCUT2D eigenvalue weighted by Crippen LogP contribution is 2.36. The normalized spacial score (nSPS) is 11.0.